The fraction of sp³-hybridized carbons (Fsp3) is 0. The minimum Gasteiger partial charge on any atom is -0.354 e. The highest BCUT2D eigenvalue weighted by Crippen LogP contribution is 2.36. The fourth-order valence-corrected chi connectivity index (χ4v) is 4.60. The molecule has 3 aromatic carbocycles. The van der Waals surface area contributed by atoms with Gasteiger partial charge in [0.05, 0.1) is 32.0 Å². The Kier molecular flexibility index (Phi) is 4.59. The molecule has 5 rings (SSSR count). The van der Waals surface area contributed by atoms with Crippen molar-refractivity contribution in [3.05, 3.63) is 84.6 Å². The lowest BCUT2D eigenvalue weighted by Crippen LogP contribution is -2.07. The second kappa shape index (κ2) is 7.17. The molecule has 0 atom stereocenters. The van der Waals surface area contributed by atoms with Crippen LogP contribution in [0.1, 0.15) is 5.56 Å². The molecule has 0 radical (unpaired) electrons. The molecule has 0 saturated heterocycles. The third-order valence-electron chi connectivity index (χ3n) is 3.86. The third kappa shape index (κ3) is 3.34. The van der Waals surface area contributed by atoms with Gasteiger partial charge >= 0.3 is 0 Å². The van der Waals surface area contributed by atoms with Crippen molar-refractivity contribution >= 4 is 40.2 Å². The lowest BCUT2D eigenvalue weighted by atomic mass is 10.2. The van der Waals surface area contributed by atoms with E-state index in [9.17, 15) is 4.21 Å². The first kappa shape index (κ1) is 16.0. The second-order valence-electron chi connectivity index (χ2n) is 5.48. The van der Waals surface area contributed by atoms with E-state index in [0.29, 0.717) is 0 Å². The second-order valence-corrected chi connectivity index (χ2v) is 7.77. The molecule has 25 heavy (non-hydrogen) atoms. The fourth-order valence-electron chi connectivity index (χ4n) is 2.66. The van der Waals surface area contributed by atoms with Gasteiger partial charge in [0.25, 0.3) is 0 Å². The Morgan fingerprint density at radius 1 is 0.760 bits per heavy atom. The average Bonchev–Trinajstić information content (AvgIpc) is 2.69. The van der Waals surface area contributed by atoms with Crippen LogP contribution in [0.5, 0.6) is 0 Å². The SMILES string of the molecule is C1=Cc2ccccc2SN1.O=S1c2ccccc2Nc2ccccc21. The Morgan fingerprint density at radius 2 is 1.36 bits per heavy atom. The molecular formula is C20H16N2OS2. The maximum absolute atomic E-state index is 12.2. The van der Waals surface area contributed by atoms with Crippen LogP contribution in [0.3, 0.4) is 0 Å². The smallest absolute Gasteiger partial charge is 0.0892 e. The number of para-hydroxylation sites is 2. The van der Waals surface area contributed by atoms with Gasteiger partial charge in [-0.2, -0.15) is 0 Å². The van der Waals surface area contributed by atoms with Crippen LogP contribution in [0.25, 0.3) is 6.08 Å². The van der Waals surface area contributed by atoms with Crippen LogP contribution >= 0.6 is 11.9 Å². The molecule has 2 aliphatic heterocycles. The number of anilines is 2. The number of hydrogen-bond donors (Lipinski definition) is 2. The van der Waals surface area contributed by atoms with Crippen LogP contribution in [-0.4, -0.2) is 4.21 Å². The van der Waals surface area contributed by atoms with Crippen LogP contribution in [0.15, 0.2) is 93.7 Å². The van der Waals surface area contributed by atoms with Crippen LogP contribution in [0.4, 0.5) is 11.4 Å². The standard InChI is InChI=1S/C12H9NOS.C8H7NS/c14-15-11-7-3-1-5-9(11)13-10-6-2-4-8-12(10)15;1-2-4-8-7(3-1)5-6-9-10-8/h1-8,13H;1-6,9H. The molecule has 0 saturated carbocycles. The number of nitrogens with one attached hydrogen (secondary N) is 2. The van der Waals surface area contributed by atoms with E-state index in [4.69, 9.17) is 0 Å². The molecular weight excluding hydrogens is 348 g/mol. The molecule has 124 valence electrons. The highest BCUT2D eigenvalue weighted by atomic mass is 32.2. The first-order chi connectivity index (χ1) is 12.3. The van der Waals surface area contributed by atoms with E-state index in [0.717, 1.165) is 21.2 Å². The van der Waals surface area contributed by atoms with Crippen molar-refractivity contribution in [2.45, 2.75) is 14.7 Å². The Balaban J connectivity index is 0.000000136. The van der Waals surface area contributed by atoms with Crippen molar-refractivity contribution in [1.82, 2.24) is 4.72 Å². The Morgan fingerprint density at radius 3 is 2.04 bits per heavy atom. The van der Waals surface area contributed by atoms with Gasteiger partial charge in [0.2, 0.25) is 0 Å². The predicted octanol–water partition coefficient (Wildman–Crippen LogP) is 5.18. The zero-order valence-corrected chi connectivity index (χ0v) is 14.9. The topological polar surface area (TPSA) is 41.1 Å². The van der Waals surface area contributed by atoms with Crippen molar-refractivity contribution in [1.29, 1.82) is 0 Å². The van der Waals surface area contributed by atoms with Gasteiger partial charge in [-0.05, 0) is 53.9 Å². The summed E-state index contributed by atoms with van der Waals surface area (Å²) in [6.07, 6.45) is 4.03. The first-order valence-corrected chi connectivity index (χ1v) is 9.84. The maximum atomic E-state index is 12.2. The Hall–Kier alpha value is -2.50. The summed E-state index contributed by atoms with van der Waals surface area (Å²) in [4.78, 5) is 3.01. The van der Waals surface area contributed by atoms with Crippen molar-refractivity contribution in [2.24, 2.45) is 0 Å². The summed E-state index contributed by atoms with van der Waals surface area (Å²) >= 11 is 1.65. The molecule has 0 bridgehead atoms. The minimum atomic E-state index is -1.05. The number of benzene rings is 3. The summed E-state index contributed by atoms with van der Waals surface area (Å²) in [6, 6.07) is 23.7. The molecule has 0 aliphatic carbocycles. The summed E-state index contributed by atoms with van der Waals surface area (Å²) in [6.45, 7) is 0. The van der Waals surface area contributed by atoms with E-state index < -0.39 is 10.8 Å². The van der Waals surface area contributed by atoms with E-state index >= 15 is 0 Å². The Labute approximate surface area is 153 Å². The van der Waals surface area contributed by atoms with Gasteiger partial charge in [-0.15, -0.1) is 0 Å². The van der Waals surface area contributed by atoms with Gasteiger partial charge < -0.3 is 10.0 Å². The third-order valence-corrected chi connectivity index (χ3v) is 6.22. The highest BCUT2D eigenvalue weighted by Gasteiger charge is 2.20. The van der Waals surface area contributed by atoms with Gasteiger partial charge in [0, 0.05) is 11.1 Å². The zero-order valence-electron chi connectivity index (χ0n) is 13.3. The summed E-state index contributed by atoms with van der Waals surface area (Å²) in [5, 5.41) is 3.28. The van der Waals surface area contributed by atoms with Gasteiger partial charge in [0.15, 0.2) is 0 Å². The lowest BCUT2D eigenvalue weighted by molar-refractivity contribution is 0.683. The molecule has 3 nitrogen and oxygen atoms in total. The molecule has 0 amide bonds. The predicted molar refractivity (Wildman–Crippen MR) is 105 cm³/mol. The number of rotatable bonds is 0. The van der Waals surface area contributed by atoms with Gasteiger partial charge in [0.1, 0.15) is 0 Å². The van der Waals surface area contributed by atoms with Gasteiger partial charge in [-0.25, -0.2) is 4.21 Å². The minimum absolute atomic E-state index is 0.858. The van der Waals surface area contributed by atoms with Crippen LogP contribution in [-0.2, 0) is 10.8 Å². The van der Waals surface area contributed by atoms with Gasteiger partial charge in [-0.3, -0.25) is 0 Å². The molecule has 0 unspecified atom stereocenters. The molecule has 0 aromatic heterocycles. The highest BCUT2D eigenvalue weighted by molar-refractivity contribution is 7.97. The lowest BCUT2D eigenvalue weighted by Gasteiger charge is -2.19. The van der Waals surface area contributed by atoms with Crippen molar-refractivity contribution in [3.63, 3.8) is 0 Å². The molecule has 2 heterocycles. The van der Waals surface area contributed by atoms with Gasteiger partial charge in [-0.1, -0.05) is 42.5 Å². The molecule has 3 aromatic rings. The van der Waals surface area contributed by atoms with Crippen LogP contribution < -0.4 is 10.0 Å². The van der Waals surface area contributed by atoms with Crippen LogP contribution in [0, 0.1) is 0 Å². The molecule has 2 N–H and O–H groups in total. The summed E-state index contributed by atoms with van der Waals surface area (Å²) in [5.41, 5.74) is 3.18. The zero-order chi connectivity index (χ0) is 17.1. The Bertz CT molecular complexity index is 922. The van der Waals surface area contributed by atoms with E-state index in [1.165, 1.54) is 10.5 Å². The number of hydrogen-bond acceptors (Lipinski definition) is 4. The monoisotopic (exact) mass is 364 g/mol. The quantitative estimate of drug-likeness (QED) is 0.422. The average molecular weight is 364 g/mol. The molecule has 0 spiro atoms. The maximum Gasteiger partial charge on any atom is 0.0892 e. The van der Waals surface area contributed by atoms with E-state index in [1.807, 2.05) is 60.8 Å². The number of fused-ring (bicyclic) bond motifs is 3. The molecule has 0 fully saturated rings. The molecule has 5 heteroatoms. The summed E-state index contributed by atoms with van der Waals surface area (Å²) in [5.74, 6) is 0. The summed E-state index contributed by atoms with van der Waals surface area (Å²) in [7, 11) is -1.05. The van der Waals surface area contributed by atoms with E-state index in [1.54, 1.807) is 11.9 Å². The van der Waals surface area contributed by atoms with E-state index in [-0.39, 0.29) is 0 Å². The first-order valence-electron chi connectivity index (χ1n) is 7.88. The van der Waals surface area contributed by atoms with Crippen molar-refractivity contribution < 1.29 is 4.21 Å². The van der Waals surface area contributed by atoms with E-state index in [2.05, 4.69) is 34.3 Å². The summed E-state index contributed by atoms with van der Waals surface area (Å²) < 4.78 is 15.3. The molecule has 2 aliphatic rings. The van der Waals surface area contributed by atoms with Crippen molar-refractivity contribution in [3.8, 4) is 0 Å². The van der Waals surface area contributed by atoms with Crippen molar-refractivity contribution in [2.75, 3.05) is 5.32 Å². The largest absolute Gasteiger partial charge is 0.354 e. The normalized spacial score (nSPS) is 13.9. The van der Waals surface area contributed by atoms with Crippen LogP contribution in [0.2, 0.25) is 0 Å².